The lowest BCUT2D eigenvalue weighted by molar-refractivity contribution is -0.372. The molecule has 3 aliphatic rings. The topological polar surface area (TPSA) is 269 Å². The van der Waals surface area contributed by atoms with Gasteiger partial charge in [0.05, 0.1) is 19.8 Å². The second-order valence-corrected chi connectivity index (χ2v) is 8.37. The van der Waals surface area contributed by atoms with Crippen LogP contribution in [-0.2, 0) is 23.7 Å². The lowest BCUT2D eigenvalue weighted by Gasteiger charge is -2.46. The number of aliphatic hydroxyl groups excluding tert-OH is 11. The molecule has 200 valence electrons. The van der Waals surface area contributed by atoms with Gasteiger partial charge in [-0.25, -0.2) is 0 Å². The number of rotatable bonds is 7. The molecule has 3 heterocycles. The summed E-state index contributed by atoms with van der Waals surface area (Å²) in [5, 5.41) is 109. The van der Waals surface area contributed by atoms with Crippen molar-refractivity contribution in [3.8, 4) is 0 Å². The zero-order valence-electron chi connectivity index (χ0n) is 17.7. The summed E-state index contributed by atoms with van der Waals surface area (Å²) in [6.07, 6.45) is -25.0. The first-order chi connectivity index (χ1) is 16.0. The van der Waals surface area contributed by atoms with E-state index in [9.17, 15) is 56.2 Å². The molecule has 34 heavy (non-hydrogen) atoms. The van der Waals surface area contributed by atoms with E-state index in [1.54, 1.807) is 0 Å². The fourth-order valence-electron chi connectivity index (χ4n) is 3.93. The molecule has 0 amide bonds. The Kier molecular flexibility index (Phi) is 9.54. The molecular weight excluding hydrogens is 472 g/mol. The van der Waals surface area contributed by atoms with E-state index >= 15 is 0 Å². The summed E-state index contributed by atoms with van der Waals surface area (Å²) in [6, 6.07) is 0. The fraction of sp³-hybridized carbons (Fsp3) is 1.00. The molecule has 3 saturated heterocycles. The van der Waals surface area contributed by atoms with E-state index in [4.69, 9.17) is 23.7 Å². The summed E-state index contributed by atoms with van der Waals surface area (Å²) < 4.78 is 26.5. The first-order valence-electron chi connectivity index (χ1n) is 10.6. The van der Waals surface area contributed by atoms with Gasteiger partial charge < -0.3 is 79.9 Å². The van der Waals surface area contributed by atoms with Crippen LogP contribution in [-0.4, -0.2) is 168 Å². The Bertz CT molecular complexity index is 639. The van der Waals surface area contributed by atoms with Crippen LogP contribution in [0.3, 0.4) is 0 Å². The SMILES string of the molecule is OC[C@H]1O[C@H](O[C@@H]2[C@@H](OC[C@H]3O[C@@H](O)[C@@H](O)[C@@H](O)[C@@H]3O)O[C@H](CO)[C@@H](O)[C@@H]2O)[C@@H](O)[C@@H](O)[C@@H]1O. The first-order valence-corrected chi connectivity index (χ1v) is 10.6. The molecule has 0 aliphatic carbocycles. The zero-order valence-corrected chi connectivity index (χ0v) is 17.7. The predicted molar refractivity (Wildman–Crippen MR) is 101 cm³/mol. The molecule has 0 aromatic carbocycles. The van der Waals surface area contributed by atoms with Crippen LogP contribution >= 0.6 is 0 Å². The highest BCUT2D eigenvalue weighted by Gasteiger charge is 2.51. The summed E-state index contributed by atoms with van der Waals surface area (Å²) in [6.45, 7) is -2.11. The van der Waals surface area contributed by atoms with E-state index in [-0.39, 0.29) is 0 Å². The molecule has 0 saturated carbocycles. The standard InChI is InChI=1S/C18H32O16/c19-1-4-7(21)11(25)14(28)17(32-4)34-15-12(26)8(22)5(2-20)33-18(15)30-3-6-9(23)10(24)13(27)16(29)31-6/h4-29H,1-3H2/t4-,5-,6-,7-,8-,9-,10+,11+,12+,13+,14+,15+,16-,17-,18+/m1/s1. The molecule has 3 rings (SSSR count). The van der Waals surface area contributed by atoms with E-state index in [0.29, 0.717) is 0 Å². The highest BCUT2D eigenvalue weighted by atomic mass is 16.8. The van der Waals surface area contributed by atoms with Gasteiger partial charge in [0, 0.05) is 0 Å². The Balaban J connectivity index is 1.74. The summed E-state index contributed by atoms with van der Waals surface area (Å²) in [4.78, 5) is 0. The predicted octanol–water partition coefficient (Wildman–Crippen LogP) is -7.57. The second-order valence-electron chi connectivity index (χ2n) is 8.37. The molecule has 11 N–H and O–H groups in total. The lowest BCUT2D eigenvalue weighted by atomic mass is 9.97. The van der Waals surface area contributed by atoms with Crippen LogP contribution in [0, 0.1) is 0 Å². The van der Waals surface area contributed by atoms with Crippen LogP contribution in [0.15, 0.2) is 0 Å². The van der Waals surface area contributed by atoms with Crippen molar-refractivity contribution < 1.29 is 79.9 Å². The van der Waals surface area contributed by atoms with E-state index in [1.807, 2.05) is 0 Å². The molecule has 3 aliphatic heterocycles. The summed E-state index contributed by atoms with van der Waals surface area (Å²) in [5.74, 6) is 0. The van der Waals surface area contributed by atoms with E-state index in [2.05, 4.69) is 0 Å². The number of ether oxygens (including phenoxy) is 5. The van der Waals surface area contributed by atoms with Gasteiger partial charge in [-0.1, -0.05) is 0 Å². The maximum Gasteiger partial charge on any atom is 0.187 e. The van der Waals surface area contributed by atoms with Crippen LogP contribution in [0.5, 0.6) is 0 Å². The first kappa shape index (κ1) is 27.9. The van der Waals surface area contributed by atoms with Gasteiger partial charge in [0.15, 0.2) is 18.9 Å². The van der Waals surface area contributed by atoms with Gasteiger partial charge in [0.2, 0.25) is 0 Å². The highest BCUT2D eigenvalue weighted by molar-refractivity contribution is 4.94. The summed E-state index contributed by atoms with van der Waals surface area (Å²) in [7, 11) is 0. The largest absolute Gasteiger partial charge is 0.394 e. The Morgan fingerprint density at radius 2 is 1.00 bits per heavy atom. The van der Waals surface area contributed by atoms with Gasteiger partial charge in [-0.05, 0) is 0 Å². The minimum Gasteiger partial charge on any atom is -0.394 e. The van der Waals surface area contributed by atoms with Crippen molar-refractivity contribution in [2.45, 2.75) is 92.1 Å². The zero-order chi connectivity index (χ0) is 25.3. The van der Waals surface area contributed by atoms with Crippen molar-refractivity contribution in [3.05, 3.63) is 0 Å². The van der Waals surface area contributed by atoms with Gasteiger partial charge >= 0.3 is 0 Å². The molecule has 16 nitrogen and oxygen atoms in total. The van der Waals surface area contributed by atoms with E-state index in [0.717, 1.165) is 0 Å². The third kappa shape index (κ3) is 5.52. The van der Waals surface area contributed by atoms with Crippen molar-refractivity contribution in [1.82, 2.24) is 0 Å². The molecule has 0 bridgehead atoms. The third-order valence-corrected chi connectivity index (χ3v) is 6.08. The van der Waals surface area contributed by atoms with Gasteiger partial charge in [-0.15, -0.1) is 0 Å². The average molecular weight is 504 g/mol. The number of hydrogen-bond acceptors (Lipinski definition) is 16. The molecule has 0 aromatic rings. The molecule has 15 atom stereocenters. The van der Waals surface area contributed by atoms with Crippen molar-refractivity contribution in [3.63, 3.8) is 0 Å². The number of aliphatic hydroxyl groups is 11. The van der Waals surface area contributed by atoms with E-state index in [1.165, 1.54) is 0 Å². The Hall–Kier alpha value is -0.640. The monoisotopic (exact) mass is 504 g/mol. The third-order valence-electron chi connectivity index (χ3n) is 6.08. The normalized spacial score (nSPS) is 52.5. The van der Waals surface area contributed by atoms with Gasteiger partial charge in [0.1, 0.15) is 73.2 Å². The Morgan fingerprint density at radius 3 is 1.59 bits per heavy atom. The van der Waals surface area contributed by atoms with Gasteiger partial charge in [0.25, 0.3) is 0 Å². The van der Waals surface area contributed by atoms with Crippen LogP contribution in [0.25, 0.3) is 0 Å². The average Bonchev–Trinajstić information content (AvgIpc) is 2.82. The molecule has 0 unspecified atom stereocenters. The van der Waals surface area contributed by atoms with Crippen molar-refractivity contribution in [1.29, 1.82) is 0 Å². The van der Waals surface area contributed by atoms with Crippen molar-refractivity contribution in [2.24, 2.45) is 0 Å². The fourth-order valence-corrected chi connectivity index (χ4v) is 3.93. The Morgan fingerprint density at radius 1 is 0.500 bits per heavy atom. The summed E-state index contributed by atoms with van der Waals surface area (Å²) in [5.41, 5.74) is 0. The molecule has 0 spiro atoms. The minimum absolute atomic E-state index is 0.609. The molecule has 0 radical (unpaired) electrons. The lowest BCUT2D eigenvalue weighted by Crippen LogP contribution is -2.65. The van der Waals surface area contributed by atoms with Crippen LogP contribution in [0.4, 0.5) is 0 Å². The van der Waals surface area contributed by atoms with Crippen molar-refractivity contribution in [2.75, 3.05) is 19.8 Å². The minimum atomic E-state index is -1.85. The van der Waals surface area contributed by atoms with E-state index < -0.39 is 112 Å². The Labute approximate surface area is 192 Å². The van der Waals surface area contributed by atoms with Crippen LogP contribution in [0.2, 0.25) is 0 Å². The maximum absolute atomic E-state index is 10.5. The molecular formula is C18H32O16. The quantitative estimate of drug-likeness (QED) is 0.154. The van der Waals surface area contributed by atoms with Crippen LogP contribution in [0.1, 0.15) is 0 Å². The van der Waals surface area contributed by atoms with Gasteiger partial charge in [-0.2, -0.15) is 0 Å². The van der Waals surface area contributed by atoms with Crippen LogP contribution < -0.4 is 0 Å². The molecule has 0 aromatic heterocycles. The summed E-state index contributed by atoms with van der Waals surface area (Å²) >= 11 is 0. The number of hydrogen-bond donors (Lipinski definition) is 11. The van der Waals surface area contributed by atoms with Crippen molar-refractivity contribution >= 4 is 0 Å². The smallest absolute Gasteiger partial charge is 0.187 e. The maximum atomic E-state index is 10.5. The molecule has 16 heteroatoms. The second kappa shape index (κ2) is 11.6. The molecule has 3 fully saturated rings. The van der Waals surface area contributed by atoms with Gasteiger partial charge in [-0.3, -0.25) is 0 Å². The highest BCUT2D eigenvalue weighted by Crippen LogP contribution is 2.30.